The first-order valence-corrected chi connectivity index (χ1v) is 7.95. The molecule has 0 aliphatic carbocycles. The van der Waals surface area contributed by atoms with Gasteiger partial charge in [0.05, 0.1) is 0 Å². The van der Waals surface area contributed by atoms with Crippen molar-refractivity contribution in [3.05, 3.63) is 72.3 Å². The lowest BCUT2D eigenvalue weighted by molar-refractivity contribution is 1.16. The fourth-order valence-corrected chi connectivity index (χ4v) is 4.00. The van der Waals surface area contributed by atoms with Crippen LogP contribution in [0.2, 0.25) is 0 Å². The molecule has 0 fully saturated rings. The Morgan fingerprint density at radius 1 is 0.545 bits per heavy atom. The molecule has 0 saturated carbocycles. The Morgan fingerprint density at radius 3 is 2.00 bits per heavy atom. The summed E-state index contributed by atoms with van der Waals surface area (Å²) in [5.74, 6) is 0. The summed E-state index contributed by atoms with van der Waals surface area (Å²) in [6.45, 7) is 2.25. The Labute approximate surface area is 129 Å². The third-order valence-electron chi connectivity index (χ3n) is 4.98. The number of fused-ring (bicyclic) bond motifs is 3. The lowest BCUT2D eigenvalue weighted by Gasteiger charge is -2.16. The minimum absolute atomic E-state index is 1.07. The van der Waals surface area contributed by atoms with Gasteiger partial charge in [-0.05, 0) is 55.1 Å². The molecule has 0 nitrogen and oxygen atoms in total. The number of hydrogen-bond donors (Lipinski definition) is 0. The summed E-state index contributed by atoms with van der Waals surface area (Å²) in [7, 11) is 0. The van der Waals surface area contributed by atoms with Crippen molar-refractivity contribution < 1.29 is 0 Å². The summed E-state index contributed by atoms with van der Waals surface area (Å²) in [5.41, 5.74) is 1.45. The van der Waals surface area contributed by atoms with E-state index in [1.165, 1.54) is 48.7 Å². The smallest absolute Gasteiger partial charge is 0.00176 e. The van der Waals surface area contributed by atoms with Crippen LogP contribution in [0.15, 0.2) is 66.7 Å². The zero-order valence-corrected chi connectivity index (χ0v) is 12.6. The average Bonchev–Trinajstić information content (AvgIpc) is 2.60. The van der Waals surface area contributed by atoms with Crippen molar-refractivity contribution in [2.24, 2.45) is 0 Å². The van der Waals surface area contributed by atoms with Crippen LogP contribution in [0.3, 0.4) is 0 Å². The second-order valence-electron chi connectivity index (χ2n) is 6.07. The van der Waals surface area contributed by atoms with E-state index in [1.807, 2.05) is 0 Å². The fraction of sp³-hybridized carbons (Fsp3) is 0.0909. The molecule has 0 atom stereocenters. The minimum Gasteiger partial charge on any atom is -0.0616 e. The second kappa shape index (κ2) is 4.20. The molecule has 5 aromatic carbocycles. The molecule has 0 saturated heterocycles. The molecule has 0 heterocycles. The van der Waals surface area contributed by atoms with Gasteiger partial charge in [-0.15, -0.1) is 0 Å². The molecule has 104 valence electrons. The lowest BCUT2D eigenvalue weighted by Crippen LogP contribution is -1.91. The van der Waals surface area contributed by atoms with Crippen LogP contribution >= 0.6 is 0 Å². The van der Waals surface area contributed by atoms with E-state index in [0.29, 0.717) is 0 Å². The monoisotopic (exact) mass is 280 g/mol. The van der Waals surface area contributed by atoms with E-state index in [4.69, 9.17) is 0 Å². The summed E-state index contributed by atoms with van der Waals surface area (Å²) in [5, 5.41) is 11.1. The second-order valence-corrected chi connectivity index (χ2v) is 6.07. The highest BCUT2D eigenvalue weighted by Gasteiger charge is 2.14. The van der Waals surface area contributed by atoms with Crippen molar-refractivity contribution in [1.82, 2.24) is 0 Å². The predicted molar refractivity (Wildman–Crippen MR) is 97.0 cm³/mol. The molecule has 22 heavy (non-hydrogen) atoms. The van der Waals surface area contributed by atoms with Crippen molar-refractivity contribution >= 4 is 43.1 Å². The van der Waals surface area contributed by atoms with E-state index in [2.05, 4.69) is 73.7 Å². The van der Waals surface area contributed by atoms with E-state index in [-0.39, 0.29) is 0 Å². The highest BCUT2D eigenvalue weighted by atomic mass is 14.2. The van der Waals surface area contributed by atoms with Gasteiger partial charge in [0.2, 0.25) is 0 Å². The van der Waals surface area contributed by atoms with Crippen molar-refractivity contribution in [3.63, 3.8) is 0 Å². The average molecular weight is 280 g/mol. The van der Waals surface area contributed by atoms with Crippen molar-refractivity contribution in [2.45, 2.75) is 13.3 Å². The molecule has 0 radical (unpaired) electrons. The molecule has 0 aliphatic rings. The molecular weight excluding hydrogens is 264 g/mol. The third kappa shape index (κ3) is 1.37. The van der Waals surface area contributed by atoms with Crippen LogP contribution in [-0.2, 0) is 6.42 Å². The Bertz CT molecular complexity index is 1150. The van der Waals surface area contributed by atoms with Crippen molar-refractivity contribution in [3.8, 4) is 0 Å². The fourth-order valence-electron chi connectivity index (χ4n) is 4.00. The van der Waals surface area contributed by atoms with Crippen LogP contribution in [0.25, 0.3) is 43.1 Å². The molecule has 0 amide bonds. The van der Waals surface area contributed by atoms with Gasteiger partial charge in [-0.2, -0.15) is 0 Å². The first kappa shape index (κ1) is 12.0. The summed E-state index contributed by atoms with van der Waals surface area (Å²) < 4.78 is 0. The van der Waals surface area contributed by atoms with Gasteiger partial charge in [-0.1, -0.05) is 73.7 Å². The minimum atomic E-state index is 1.07. The SMILES string of the molecule is CCc1ccc2ccc3cccc4c5ccccc5c1c2c34. The normalized spacial score (nSPS) is 12.0. The number of hydrogen-bond acceptors (Lipinski definition) is 0. The molecule has 0 spiro atoms. The molecular formula is C22H16. The van der Waals surface area contributed by atoms with Gasteiger partial charge in [0.1, 0.15) is 0 Å². The molecule has 5 rings (SSSR count). The topological polar surface area (TPSA) is 0 Å². The third-order valence-corrected chi connectivity index (χ3v) is 4.98. The largest absolute Gasteiger partial charge is 0.0616 e. The van der Waals surface area contributed by atoms with Crippen LogP contribution < -0.4 is 0 Å². The highest BCUT2D eigenvalue weighted by molar-refractivity contribution is 6.34. The summed E-state index contributed by atoms with van der Waals surface area (Å²) in [6.07, 6.45) is 1.07. The Balaban J connectivity index is 2.29. The maximum atomic E-state index is 2.30. The number of aryl methyl sites for hydroxylation is 1. The quantitative estimate of drug-likeness (QED) is 0.250. The number of benzene rings is 5. The van der Waals surface area contributed by atoms with Gasteiger partial charge in [-0.25, -0.2) is 0 Å². The van der Waals surface area contributed by atoms with Gasteiger partial charge in [0.15, 0.2) is 0 Å². The van der Waals surface area contributed by atoms with Gasteiger partial charge in [-0.3, -0.25) is 0 Å². The summed E-state index contributed by atoms with van der Waals surface area (Å²) in [4.78, 5) is 0. The first-order chi connectivity index (χ1) is 10.9. The molecule has 0 unspecified atom stereocenters. The maximum absolute atomic E-state index is 2.30. The molecule has 0 heteroatoms. The molecule has 5 aromatic rings. The van der Waals surface area contributed by atoms with Gasteiger partial charge < -0.3 is 0 Å². The van der Waals surface area contributed by atoms with Crippen LogP contribution in [0, 0.1) is 0 Å². The molecule has 0 aliphatic heterocycles. The molecule has 0 aromatic heterocycles. The van der Waals surface area contributed by atoms with Gasteiger partial charge in [0.25, 0.3) is 0 Å². The summed E-state index contributed by atoms with van der Waals surface area (Å²) >= 11 is 0. The lowest BCUT2D eigenvalue weighted by atomic mass is 9.87. The zero-order valence-electron chi connectivity index (χ0n) is 12.6. The van der Waals surface area contributed by atoms with E-state index < -0.39 is 0 Å². The molecule has 0 N–H and O–H groups in total. The van der Waals surface area contributed by atoms with Crippen LogP contribution in [0.5, 0.6) is 0 Å². The van der Waals surface area contributed by atoms with Crippen molar-refractivity contribution in [1.29, 1.82) is 0 Å². The van der Waals surface area contributed by atoms with E-state index in [1.54, 1.807) is 0 Å². The Morgan fingerprint density at radius 2 is 1.18 bits per heavy atom. The van der Waals surface area contributed by atoms with Gasteiger partial charge in [0, 0.05) is 0 Å². The Kier molecular flexibility index (Phi) is 2.29. The maximum Gasteiger partial charge on any atom is -0.00176 e. The van der Waals surface area contributed by atoms with Gasteiger partial charge >= 0.3 is 0 Å². The summed E-state index contributed by atoms with van der Waals surface area (Å²) in [6, 6.07) is 24.6. The van der Waals surface area contributed by atoms with Crippen molar-refractivity contribution in [2.75, 3.05) is 0 Å². The van der Waals surface area contributed by atoms with E-state index >= 15 is 0 Å². The van der Waals surface area contributed by atoms with E-state index in [9.17, 15) is 0 Å². The Hall–Kier alpha value is -2.60. The zero-order chi connectivity index (χ0) is 14.7. The first-order valence-electron chi connectivity index (χ1n) is 7.95. The van der Waals surface area contributed by atoms with Crippen LogP contribution in [0.1, 0.15) is 12.5 Å². The van der Waals surface area contributed by atoms with Crippen LogP contribution in [-0.4, -0.2) is 0 Å². The predicted octanol–water partition coefficient (Wildman–Crippen LogP) is 6.30. The standard InChI is InChI=1S/C22H16/c1-2-14-10-11-16-13-12-15-6-5-9-19-17-7-3-4-8-18(17)20(14)22(16)21(15)19/h3-13H,2H2,1H3. The van der Waals surface area contributed by atoms with Crippen LogP contribution in [0.4, 0.5) is 0 Å². The molecule has 0 bridgehead atoms. The highest BCUT2D eigenvalue weighted by Crippen LogP contribution is 2.41. The van der Waals surface area contributed by atoms with E-state index in [0.717, 1.165) is 6.42 Å². The number of rotatable bonds is 1.